The topological polar surface area (TPSA) is 23.9 Å². The van der Waals surface area contributed by atoms with Crippen molar-refractivity contribution in [3.05, 3.63) is 36.0 Å². The Hall–Kier alpha value is -1.11. The third-order valence-corrected chi connectivity index (χ3v) is 1.35. The zero-order valence-electron chi connectivity index (χ0n) is 6.09. The molecular weight excluding hydrogens is 122 g/mol. The van der Waals surface area contributed by atoms with E-state index in [9.17, 15) is 0 Å². The molecule has 0 aromatic heterocycles. The van der Waals surface area contributed by atoms with Gasteiger partial charge in [0.1, 0.15) is 0 Å². The summed E-state index contributed by atoms with van der Waals surface area (Å²) in [5.41, 5.74) is 1.78. The van der Waals surface area contributed by atoms with Gasteiger partial charge in [0, 0.05) is 0 Å². The molecule has 1 aliphatic carbocycles. The molecule has 0 saturated heterocycles. The molecule has 10 heavy (non-hydrogen) atoms. The second kappa shape index (κ2) is 3.16. The number of allylic oxidation sites excluding steroid dienone is 6. The Bertz CT molecular complexity index is 201. The van der Waals surface area contributed by atoms with Crippen LogP contribution in [-0.2, 0) is 0 Å². The zero-order chi connectivity index (χ0) is 7.40. The highest BCUT2D eigenvalue weighted by Crippen LogP contribution is 2.06. The maximum atomic E-state index is 7.21. The predicted octanol–water partition coefficient (Wildman–Crippen LogP) is 2.47. The van der Waals surface area contributed by atoms with Crippen molar-refractivity contribution in [3.8, 4) is 0 Å². The van der Waals surface area contributed by atoms with Crippen LogP contribution in [0.2, 0.25) is 0 Å². The molecule has 0 bridgehead atoms. The van der Waals surface area contributed by atoms with Crippen molar-refractivity contribution in [2.24, 2.45) is 0 Å². The van der Waals surface area contributed by atoms with Crippen LogP contribution in [-0.4, -0.2) is 5.71 Å². The quantitative estimate of drug-likeness (QED) is 0.568. The fourth-order valence-corrected chi connectivity index (χ4v) is 0.855. The van der Waals surface area contributed by atoms with E-state index < -0.39 is 0 Å². The first-order chi connectivity index (χ1) is 4.83. The lowest BCUT2D eigenvalue weighted by Gasteiger charge is -1.98. The second-order valence-electron chi connectivity index (χ2n) is 2.23. The van der Waals surface area contributed by atoms with Crippen LogP contribution in [0.15, 0.2) is 36.0 Å². The lowest BCUT2D eigenvalue weighted by Crippen LogP contribution is -1.89. The molecule has 0 fully saturated rings. The Kier molecular flexibility index (Phi) is 2.21. The molecule has 0 unspecified atom stereocenters. The van der Waals surface area contributed by atoms with Gasteiger partial charge in [-0.25, -0.2) is 0 Å². The van der Waals surface area contributed by atoms with Crippen molar-refractivity contribution < 1.29 is 0 Å². The third kappa shape index (κ3) is 1.69. The van der Waals surface area contributed by atoms with E-state index in [2.05, 4.69) is 13.0 Å². The van der Waals surface area contributed by atoms with E-state index in [4.69, 9.17) is 5.41 Å². The van der Waals surface area contributed by atoms with Crippen LogP contribution in [0, 0.1) is 5.41 Å². The molecule has 1 aliphatic rings. The molecule has 0 spiro atoms. The van der Waals surface area contributed by atoms with Crippen molar-refractivity contribution in [2.45, 2.75) is 13.3 Å². The van der Waals surface area contributed by atoms with E-state index in [1.165, 1.54) is 5.57 Å². The SMILES string of the molecule is CCC=C1C=CC(=N)C=C1. The molecular formula is C9H11N. The van der Waals surface area contributed by atoms with Crippen LogP contribution < -0.4 is 0 Å². The van der Waals surface area contributed by atoms with E-state index in [0.717, 1.165) is 6.42 Å². The van der Waals surface area contributed by atoms with Gasteiger partial charge in [0.15, 0.2) is 0 Å². The fraction of sp³-hybridized carbons (Fsp3) is 0.222. The summed E-state index contributed by atoms with van der Waals surface area (Å²) in [6.45, 7) is 2.11. The summed E-state index contributed by atoms with van der Waals surface area (Å²) in [6, 6.07) is 0. The smallest absolute Gasteiger partial charge is 0.0540 e. The van der Waals surface area contributed by atoms with Crippen LogP contribution in [0.5, 0.6) is 0 Å². The molecule has 0 amide bonds. The molecule has 0 atom stereocenters. The molecule has 0 aliphatic heterocycles. The molecule has 1 nitrogen and oxygen atoms in total. The standard InChI is InChI=1S/C9H11N/c1-2-3-8-4-6-9(10)7-5-8/h3-7,10H,2H2,1H3. The number of nitrogens with one attached hydrogen (secondary N) is 1. The minimum atomic E-state index is 0.577. The minimum Gasteiger partial charge on any atom is -0.301 e. The lowest BCUT2D eigenvalue weighted by molar-refractivity contribution is 1.21. The Morgan fingerprint density at radius 2 is 1.90 bits per heavy atom. The first-order valence-electron chi connectivity index (χ1n) is 3.48. The van der Waals surface area contributed by atoms with E-state index in [1.54, 1.807) is 0 Å². The van der Waals surface area contributed by atoms with E-state index >= 15 is 0 Å². The van der Waals surface area contributed by atoms with E-state index in [0.29, 0.717) is 5.71 Å². The molecule has 52 valence electrons. The van der Waals surface area contributed by atoms with Gasteiger partial charge in [-0.2, -0.15) is 0 Å². The van der Waals surface area contributed by atoms with Gasteiger partial charge in [0.2, 0.25) is 0 Å². The van der Waals surface area contributed by atoms with Gasteiger partial charge < -0.3 is 5.41 Å². The highest BCUT2D eigenvalue weighted by atomic mass is 14.4. The van der Waals surface area contributed by atoms with E-state index in [-0.39, 0.29) is 0 Å². The van der Waals surface area contributed by atoms with Gasteiger partial charge >= 0.3 is 0 Å². The van der Waals surface area contributed by atoms with Gasteiger partial charge in [0.25, 0.3) is 0 Å². The molecule has 0 aromatic carbocycles. The summed E-state index contributed by atoms with van der Waals surface area (Å²) in [6.07, 6.45) is 10.7. The maximum absolute atomic E-state index is 7.21. The normalized spacial score (nSPS) is 16.1. The zero-order valence-corrected chi connectivity index (χ0v) is 6.09. The van der Waals surface area contributed by atoms with Crippen LogP contribution in [0.3, 0.4) is 0 Å². The largest absolute Gasteiger partial charge is 0.301 e. The van der Waals surface area contributed by atoms with Gasteiger partial charge in [-0.05, 0) is 24.1 Å². The van der Waals surface area contributed by atoms with Crippen molar-refractivity contribution in [1.82, 2.24) is 0 Å². The first-order valence-corrected chi connectivity index (χ1v) is 3.48. The Morgan fingerprint density at radius 3 is 2.40 bits per heavy atom. The van der Waals surface area contributed by atoms with Crippen molar-refractivity contribution in [2.75, 3.05) is 0 Å². The highest BCUT2D eigenvalue weighted by molar-refractivity contribution is 6.03. The summed E-state index contributed by atoms with van der Waals surface area (Å²) < 4.78 is 0. The van der Waals surface area contributed by atoms with Gasteiger partial charge in [-0.1, -0.05) is 25.2 Å². The summed E-state index contributed by atoms with van der Waals surface area (Å²) in [4.78, 5) is 0. The van der Waals surface area contributed by atoms with Gasteiger partial charge in [0.05, 0.1) is 5.71 Å². The first kappa shape index (κ1) is 7.00. The maximum Gasteiger partial charge on any atom is 0.0540 e. The third-order valence-electron chi connectivity index (χ3n) is 1.35. The van der Waals surface area contributed by atoms with Gasteiger partial charge in [-0.15, -0.1) is 0 Å². The van der Waals surface area contributed by atoms with Gasteiger partial charge in [-0.3, -0.25) is 0 Å². The number of hydrogen-bond acceptors (Lipinski definition) is 1. The lowest BCUT2D eigenvalue weighted by atomic mass is 10.1. The average molecular weight is 133 g/mol. The molecule has 0 radical (unpaired) electrons. The molecule has 1 heteroatoms. The summed E-state index contributed by atoms with van der Waals surface area (Å²) in [7, 11) is 0. The summed E-state index contributed by atoms with van der Waals surface area (Å²) in [5.74, 6) is 0. The second-order valence-corrected chi connectivity index (χ2v) is 2.23. The average Bonchev–Trinajstić information content (AvgIpc) is 1.95. The Labute approximate surface area is 61.3 Å². The molecule has 1 rings (SSSR count). The van der Waals surface area contributed by atoms with Crippen molar-refractivity contribution in [3.63, 3.8) is 0 Å². The van der Waals surface area contributed by atoms with Crippen molar-refractivity contribution in [1.29, 1.82) is 5.41 Å². The highest BCUT2D eigenvalue weighted by Gasteiger charge is 1.92. The minimum absolute atomic E-state index is 0.577. The molecule has 0 aromatic rings. The fourth-order valence-electron chi connectivity index (χ4n) is 0.855. The molecule has 1 N–H and O–H groups in total. The van der Waals surface area contributed by atoms with Crippen LogP contribution >= 0.6 is 0 Å². The number of hydrogen-bond donors (Lipinski definition) is 1. The van der Waals surface area contributed by atoms with Crippen LogP contribution in [0.25, 0.3) is 0 Å². The van der Waals surface area contributed by atoms with E-state index in [1.807, 2.05) is 24.3 Å². The molecule has 0 heterocycles. The molecule has 0 saturated carbocycles. The van der Waals surface area contributed by atoms with Crippen LogP contribution in [0.4, 0.5) is 0 Å². The Balaban J connectivity index is 2.71. The van der Waals surface area contributed by atoms with Crippen molar-refractivity contribution >= 4 is 5.71 Å². The van der Waals surface area contributed by atoms with Crippen LogP contribution in [0.1, 0.15) is 13.3 Å². The number of rotatable bonds is 1. The predicted molar refractivity (Wildman–Crippen MR) is 44.4 cm³/mol. The Morgan fingerprint density at radius 1 is 1.30 bits per heavy atom. The monoisotopic (exact) mass is 133 g/mol. The summed E-state index contributed by atoms with van der Waals surface area (Å²) >= 11 is 0. The summed E-state index contributed by atoms with van der Waals surface area (Å²) in [5, 5.41) is 7.21.